The smallest absolute Gasteiger partial charge is 0.267 e. The van der Waals surface area contributed by atoms with Crippen molar-refractivity contribution in [2.75, 3.05) is 0 Å². The van der Waals surface area contributed by atoms with E-state index in [9.17, 15) is 18.0 Å². The topological polar surface area (TPSA) is 63.0 Å². The number of aromatic amines is 1. The van der Waals surface area contributed by atoms with Gasteiger partial charge in [-0.25, -0.2) is 4.98 Å². The van der Waals surface area contributed by atoms with Crippen molar-refractivity contribution in [2.24, 2.45) is 0 Å². The molecule has 3 aromatic rings. The van der Waals surface area contributed by atoms with E-state index < -0.39 is 17.6 Å². The number of halogens is 4. The fraction of sp³-hybridized carbons (Fsp3) is 0.0833. The first-order valence-electron chi connectivity index (χ1n) is 5.68. The van der Waals surface area contributed by atoms with Gasteiger partial charge in [0.2, 0.25) is 5.82 Å². The van der Waals surface area contributed by atoms with Crippen molar-refractivity contribution in [1.29, 1.82) is 0 Å². The van der Waals surface area contributed by atoms with Crippen molar-refractivity contribution in [3.05, 3.63) is 51.5 Å². The highest BCUT2D eigenvalue weighted by Gasteiger charge is 2.35. The minimum atomic E-state index is -4.69. The first-order chi connectivity index (χ1) is 9.86. The van der Waals surface area contributed by atoms with Crippen LogP contribution in [-0.4, -0.2) is 19.6 Å². The maximum Gasteiger partial charge on any atom is 0.451 e. The summed E-state index contributed by atoms with van der Waals surface area (Å²) < 4.78 is 38.4. The first-order valence-corrected chi connectivity index (χ1v) is 6.06. The number of hydrogen-bond donors (Lipinski definition) is 1. The molecule has 0 fully saturated rings. The van der Waals surface area contributed by atoms with Gasteiger partial charge in [0.15, 0.2) is 0 Å². The van der Waals surface area contributed by atoms with Crippen molar-refractivity contribution >= 4 is 17.4 Å². The summed E-state index contributed by atoms with van der Waals surface area (Å²) in [6.45, 7) is 0. The molecule has 1 N–H and O–H groups in total. The fourth-order valence-electron chi connectivity index (χ4n) is 1.81. The molecule has 0 atom stereocenters. The second-order valence-electron chi connectivity index (χ2n) is 4.16. The van der Waals surface area contributed by atoms with Gasteiger partial charge in [-0.3, -0.25) is 9.89 Å². The number of alkyl halides is 3. The lowest BCUT2D eigenvalue weighted by Gasteiger charge is -2.02. The highest BCUT2D eigenvalue weighted by Crippen LogP contribution is 2.27. The average molecular weight is 315 g/mol. The van der Waals surface area contributed by atoms with Crippen LogP contribution in [-0.2, 0) is 6.18 Å². The summed E-state index contributed by atoms with van der Waals surface area (Å²) in [4.78, 5) is 19.1. The molecule has 108 valence electrons. The van der Waals surface area contributed by atoms with Crippen LogP contribution in [0.3, 0.4) is 0 Å². The van der Waals surface area contributed by atoms with Crippen LogP contribution in [0.25, 0.3) is 17.0 Å². The van der Waals surface area contributed by atoms with Gasteiger partial charge < -0.3 is 0 Å². The summed E-state index contributed by atoms with van der Waals surface area (Å²) >= 11 is 5.98. The van der Waals surface area contributed by atoms with Gasteiger partial charge in [0.1, 0.15) is 0 Å². The van der Waals surface area contributed by atoms with Crippen LogP contribution in [0, 0.1) is 0 Å². The maximum absolute atomic E-state index is 12.6. The minimum absolute atomic E-state index is 0.158. The fourth-order valence-corrected chi connectivity index (χ4v) is 2.05. The molecule has 0 saturated carbocycles. The van der Waals surface area contributed by atoms with E-state index in [1.165, 1.54) is 0 Å². The molecule has 0 radical (unpaired) electrons. The molecule has 0 bridgehead atoms. The Hall–Kier alpha value is -2.35. The van der Waals surface area contributed by atoms with Crippen LogP contribution in [0.2, 0.25) is 5.02 Å². The van der Waals surface area contributed by atoms with Gasteiger partial charge in [0.05, 0.1) is 5.69 Å². The molecule has 2 aromatic heterocycles. The number of nitrogens with one attached hydrogen (secondary N) is 1. The molecule has 0 spiro atoms. The van der Waals surface area contributed by atoms with Gasteiger partial charge in [0, 0.05) is 16.7 Å². The van der Waals surface area contributed by atoms with E-state index in [-0.39, 0.29) is 11.5 Å². The lowest BCUT2D eigenvalue weighted by atomic mass is 10.1. The third kappa shape index (κ3) is 2.38. The van der Waals surface area contributed by atoms with Crippen LogP contribution in [0.4, 0.5) is 13.2 Å². The van der Waals surface area contributed by atoms with Gasteiger partial charge in [-0.2, -0.15) is 22.7 Å². The molecule has 2 heterocycles. The van der Waals surface area contributed by atoms with Crippen molar-refractivity contribution in [1.82, 2.24) is 19.6 Å². The number of aromatic nitrogens is 4. The number of nitrogens with zero attached hydrogens (tertiary/aromatic N) is 3. The third-order valence-corrected chi connectivity index (χ3v) is 3.08. The quantitative estimate of drug-likeness (QED) is 0.751. The van der Waals surface area contributed by atoms with E-state index in [1.807, 2.05) is 5.10 Å². The Bertz CT molecular complexity index is 884. The van der Waals surface area contributed by atoms with Gasteiger partial charge >= 0.3 is 6.18 Å². The Morgan fingerprint density at radius 2 is 1.90 bits per heavy atom. The first kappa shape index (κ1) is 13.6. The molecule has 0 aliphatic rings. The SMILES string of the molecule is O=c1cc(-c2ccccc2Cl)nc2nc(C(F)(F)F)[nH]n12. The number of H-pyrrole nitrogens is 1. The highest BCUT2D eigenvalue weighted by atomic mass is 35.5. The van der Waals surface area contributed by atoms with Crippen molar-refractivity contribution in [2.45, 2.75) is 6.18 Å². The number of hydrogen-bond acceptors (Lipinski definition) is 3. The van der Waals surface area contributed by atoms with Crippen LogP contribution in [0.15, 0.2) is 35.1 Å². The van der Waals surface area contributed by atoms with E-state index in [1.54, 1.807) is 24.3 Å². The summed E-state index contributed by atoms with van der Waals surface area (Å²) in [5.41, 5.74) is -0.112. The minimum Gasteiger partial charge on any atom is -0.267 e. The molecular formula is C12H6ClF3N4O. The van der Waals surface area contributed by atoms with E-state index >= 15 is 0 Å². The zero-order valence-electron chi connectivity index (χ0n) is 10.1. The lowest BCUT2D eigenvalue weighted by Crippen LogP contribution is -2.15. The van der Waals surface area contributed by atoms with E-state index in [0.717, 1.165) is 6.07 Å². The van der Waals surface area contributed by atoms with Crippen molar-refractivity contribution < 1.29 is 13.2 Å². The normalized spacial score (nSPS) is 12.0. The molecule has 0 saturated heterocycles. The van der Waals surface area contributed by atoms with Crippen molar-refractivity contribution in [3.63, 3.8) is 0 Å². The van der Waals surface area contributed by atoms with Crippen LogP contribution < -0.4 is 5.56 Å². The van der Waals surface area contributed by atoms with Gasteiger partial charge in [-0.15, -0.1) is 0 Å². The van der Waals surface area contributed by atoms with Crippen LogP contribution >= 0.6 is 11.6 Å². The Morgan fingerprint density at radius 1 is 1.19 bits per heavy atom. The molecule has 5 nitrogen and oxygen atoms in total. The molecule has 0 amide bonds. The molecular weight excluding hydrogens is 309 g/mol. The average Bonchev–Trinajstić information content (AvgIpc) is 2.83. The molecule has 0 aliphatic carbocycles. The summed E-state index contributed by atoms with van der Waals surface area (Å²) in [7, 11) is 0. The van der Waals surface area contributed by atoms with E-state index in [4.69, 9.17) is 11.6 Å². The predicted molar refractivity (Wildman–Crippen MR) is 69.1 cm³/mol. The summed E-state index contributed by atoms with van der Waals surface area (Å²) in [5.74, 6) is -1.66. The van der Waals surface area contributed by atoms with Gasteiger partial charge in [-0.1, -0.05) is 29.8 Å². The zero-order valence-corrected chi connectivity index (χ0v) is 10.9. The predicted octanol–water partition coefficient (Wildman–Crippen LogP) is 2.76. The molecule has 0 unspecified atom stereocenters. The second kappa shape index (κ2) is 4.59. The van der Waals surface area contributed by atoms with Crippen LogP contribution in [0.1, 0.15) is 5.82 Å². The monoisotopic (exact) mass is 314 g/mol. The summed E-state index contributed by atoms with van der Waals surface area (Å²) in [5, 5.41) is 2.20. The molecule has 21 heavy (non-hydrogen) atoms. The Balaban J connectivity index is 2.25. The highest BCUT2D eigenvalue weighted by molar-refractivity contribution is 6.33. The number of benzene rings is 1. The van der Waals surface area contributed by atoms with Gasteiger partial charge in [0.25, 0.3) is 11.3 Å². The van der Waals surface area contributed by atoms with E-state index in [0.29, 0.717) is 15.1 Å². The van der Waals surface area contributed by atoms with Crippen LogP contribution in [0.5, 0.6) is 0 Å². The lowest BCUT2D eigenvalue weighted by molar-refractivity contribution is -0.144. The Morgan fingerprint density at radius 3 is 2.57 bits per heavy atom. The summed E-state index contributed by atoms with van der Waals surface area (Å²) in [6.07, 6.45) is -4.69. The van der Waals surface area contributed by atoms with Crippen molar-refractivity contribution in [3.8, 4) is 11.3 Å². The molecule has 3 rings (SSSR count). The maximum atomic E-state index is 12.6. The summed E-state index contributed by atoms with van der Waals surface area (Å²) in [6, 6.07) is 7.65. The van der Waals surface area contributed by atoms with Gasteiger partial charge in [-0.05, 0) is 6.07 Å². The zero-order chi connectivity index (χ0) is 15.2. The molecule has 0 aliphatic heterocycles. The molecule has 9 heteroatoms. The second-order valence-corrected chi connectivity index (χ2v) is 4.57. The molecule has 1 aromatic carbocycles. The number of fused-ring (bicyclic) bond motifs is 1. The standard InChI is InChI=1S/C12H6ClF3N4O/c13-7-4-2-1-3-6(7)8-5-9(21)20-11(17-8)18-10(19-20)12(14,15)16/h1-5H,(H,17,18,19). The largest absolute Gasteiger partial charge is 0.451 e. The Labute approximate surface area is 120 Å². The Kier molecular flexibility index (Phi) is 2.98. The number of rotatable bonds is 1. The van der Waals surface area contributed by atoms with E-state index in [2.05, 4.69) is 9.97 Å². The third-order valence-electron chi connectivity index (χ3n) is 2.75.